The van der Waals surface area contributed by atoms with Gasteiger partial charge in [0.1, 0.15) is 17.0 Å². The maximum Gasteiger partial charge on any atom is 0.203 e. The van der Waals surface area contributed by atoms with Gasteiger partial charge in [0.05, 0.1) is 21.3 Å². The maximum atomic E-state index is 11.6. The highest BCUT2D eigenvalue weighted by Gasteiger charge is 2.19. The van der Waals surface area contributed by atoms with Crippen molar-refractivity contribution in [1.82, 2.24) is 9.38 Å². The number of carbonyl (C=O) groups is 1. The summed E-state index contributed by atoms with van der Waals surface area (Å²) in [4.78, 5) is 16.1. The van der Waals surface area contributed by atoms with E-state index in [1.165, 1.54) is 0 Å². The summed E-state index contributed by atoms with van der Waals surface area (Å²) in [5, 5.41) is 0. The van der Waals surface area contributed by atoms with Crippen molar-refractivity contribution in [3.8, 4) is 28.5 Å². The summed E-state index contributed by atoms with van der Waals surface area (Å²) < 4.78 is 17.8. The summed E-state index contributed by atoms with van der Waals surface area (Å²) >= 11 is 0. The monoisotopic (exact) mass is 312 g/mol. The van der Waals surface area contributed by atoms with E-state index in [1.807, 2.05) is 18.2 Å². The second-order valence-electron chi connectivity index (χ2n) is 4.81. The van der Waals surface area contributed by atoms with Crippen LogP contribution in [0.25, 0.3) is 16.9 Å². The standard InChI is InChI=1S/C17H16N2O4/c1-21-13-8-11(9-14(22-2)17(13)23-3)16-12(10-20)19-7-5-4-6-15(19)18-16/h4-10H,1-3H3. The number of hydrogen-bond donors (Lipinski definition) is 0. The lowest BCUT2D eigenvalue weighted by molar-refractivity contribution is 0.111. The van der Waals surface area contributed by atoms with Crippen molar-refractivity contribution in [1.29, 1.82) is 0 Å². The van der Waals surface area contributed by atoms with Crippen LogP contribution in [0, 0.1) is 0 Å². The third-order valence-corrected chi connectivity index (χ3v) is 3.62. The summed E-state index contributed by atoms with van der Waals surface area (Å²) in [5.74, 6) is 1.52. The number of aldehydes is 1. The normalized spacial score (nSPS) is 10.6. The number of methoxy groups -OCH3 is 3. The Balaban J connectivity index is 2.28. The van der Waals surface area contributed by atoms with Crippen LogP contribution in [0.1, 0.15) is 10.5 Å². The second kappa shape index (κ2) is 6.00. The summed E-state index contributed by atoms with van der Waals surface area (Å²) in [6.45, 7) is 0. The van der Waals surface area contributed by atoms with Crippen molar-refractivity contribution in [2.75, 3.05) is 21.3 Å². The van der Waals surface area contributed by atoms with Gasteiger partial charge in [0.25, 0.3) is 0 Å². The highest BCUT2D eigenvalue weighted by molar-refractivity contribution is 5.87. The molecule has 3 rings (SSSR count). The Labute approximate surface area is 133 Å². The molecule has 1 aromatic carbocycles. The predicted molar refractivity (Wildman–Crippen MR) is 85.7 cm³/mol. The Morgan fingerprint density at radius 2 is 1.74 bits per heavy atom. The molecule has 0 saturated heterocycles. The van der Waals surface area contributed by atoms with Gasteiger partial charge in [0.2, 0.25) is 5.75 Å². The molecule has 0 bridgehead atoms. The molecule has 0 aliphatic heterocycles. The molecule has 0 amide bonds. The van der Waals surface area contributed by atoms with E-state index in [2.05, 4.69) is 4.98 Å². The molecule has 6 heteroatoms. The van der Waals surface area contributed by atoms with E-state index in [0.717, 1.165) is 6.29 Å². The Bertz CT molecular complexity index is 845. The van der Waals surface area contributed by atoms with Gasteiger partial charge in [0, 0.05) is 11.8 Å². The summed E-state index contributed by atoms with van der Waals surface area (Å²) in [5.41, 5.74) is 2.43. The quantitative estimate of drug-likeness (QED) is 0.678. The molecule has 0 aliphatic carbocycles. The minimum Gasteiger partial charge on any atom is -0.493 e. The molecule has 0 radical (unpaired) electrons. The van der Waals surface area contributed by atoms with Crippen LogP contribution in [0.15, 0.2) is 36.5 Å². The number of ether oxygens (including phenoxy) is 3. The van der Waals surface area contributed by atoms with Gasteiger partial charge in [-0.3, -0.25) is 9.20 Å². The number of pyridine rings is 1. The van der Waals surface area contributed by atoms with E-state index in [1.54, 1.807) is 44.1 Å². The SMILES string of the molecule is COc1cc(-c2nc3ccccn3c2C=O)cc(OC)c1OC. The van der Waals surface area contributed by atoms with Gasteiger partial charge >= 0.3 is 0 Å². The molecule has 0 fully saturated rings. The molecule has 3 aromatic rings. The highest BCUT2D eigenvalue weighted by Crippen LogP contribution is 2.41. The van der Waals surface area contributed by atoms with E-state index in [0.29, 0.717) is 39.8 Å². The third-order valence-electron chi connectivity index (χ3n) is 3.62. The van der Waals surface area contributed by atoms with Crippen LogP contribution >= 0.6 is 0 Å². The summed E-state index contributed by atoms with van der Waals surface area (Å²) in [7, 11) is 4.64. The lowest BCUT2D eigenvalue weighted by atomic mass is 10.1. The second-order valence-corrected chi connectivity index (χ2v) is 4.81. The Hall–Kier alpha value is -3.02. The molecule has 118 valence electrons. The van der Waals surface area contributed by atoms with Gasteiger partial charge in [0.15, 0.2) is 17.8 Å². The molecular formula is C17H16N2O4. The van der Waals surface area contributed by atoms with E-state index < -0.39 is 0 Å². The van der Waals surface area contributed by atoms with Crippen LogP contribution in [-0.4, -0.2) is 37.0 Å². The van der Waals surface area contributed by atoms with E-state index in [9.17, 15) is 4.79 Å². The third kappa shape index (κ3) is 2.38. The van der Waals surface area contributed by atoms with Crippen molar-refractivity contribution in [2.45, 2.75) is 0 Å². The first-order valence-electron chi connectivity index (χ1n) is 6.96. The number of fused-ring (bicyclic) bond motifs is 1. The number of hydrogen-bond acceptors (Lipinski definition) is 5. The van der Waals surface area contributed by atoms with Crippen LogP contribution in [0.4, 0.5) is 0 Å². The van der Waals surface area contributed by atoms with E-state index in [-0.39, 0.29) is 0 Å². The van der Waals surface area contributed by atoms with Crippen molar-refractivity contribution in [3.63, 3.8) is 0 Å². The van der Waals surface area contributed by atoms with Gasteiger partial charge in [-0.15, -0.1) is 0 Å². The molecule has 0 atom stereocenters. The van der Waals surface area contributed by atoms with Gasteiger partial charge in [-0.05, 0) is 24.3 Å². The first-order chi connectivity index (χ1) is 11.2. The van der Waals surface area contributed by atoms with Crippen molar-refractivity contribution >= 4 is 11.9 Å². The molecule has 0 spiro atoms. The number of benzene rings is 1. The lowest BCUT2D eigenvalue weighted by Crippen LogP contribution is -1.97. The zero-order valence-corrected chi connectivity index (χ0v) is 13.1. The fraction of sp³-hybridized carbons (Fsp3) is 0.176. The predicted octanol–water partition coefficient (Wildman–Crippen LogP) is 2.84. The molecule has 23 heavy (non-hydrogen) atoms. The van der Waals surface area contributed by atoms with Crippen LogP contribution in [0.5, 0.6) is 17.2 Å². The van der Waals surface area contributed by atoms with Gasteiger partial charge in [-0.2, -0.15) is 0 Å². The fourth-order valence-electron chi connectivity index (χ4n) is 2.56. The first-order valence-corrected chi connectivity index (χ1v) is 6.96. The van der Waals surface area contributed by atoms with Crippen LogP contribution in [0.3, 0.4) is 0 Å². The zero-order chi connectivity index (χ0) is 16.4. The number of aromatic nitrogens is 2. The maximum absolute atomic E-state index is 11.6. The van der Waals surface area contributed by atoms with Crippen LogP contribution in [0.2, 0.25) is 0 Å². The number of imidazole rings is 1. The van der Waals surface area contributed by atoms with E-state index >= 15 is 0 Å². The number of carbonyl (C=O) groups excluding carboxylic acids is 1. The number of rotatable bonds is 5. The van der Waals surface area contributed by atoms with Gasteiger partial charge in [-0.1, -0.05) is 6.07 Å². The smallest absolute Gasteiger partial charge is 0.203 e. The van der Waals surface area contributed by atoms with Crippen LogP contribution in [-0.2, 0) is 0 Å². The van der Waals surface area contributed by atoms with Crippen molar-refractivity contribution in [3.05, 3.63) is 42.2 Å². The zero-order valence-electron chi connectivity index (χ0n) is 13.1. The average Bonchev–Trinajstić information content (AvgIpc) is 2.98. The summed E-state index contributed by atoms with van der Waals surface area (Å²) in [6, 6.07) is 9.11. The first kappa shape index (κ1) is 14.9. The number of nitrogens with zero attached hydrogens (tertiary/aromatic N) is 2. The minimum absolute atomic E-state index is 0.467. The Kier molecular flexibility index (Phi) is 3.89. The molecule has 6 nitrogen and oxygen atoms in total. The molecular weight excluding hydrogens is 296 g/mol. The molecule has 2 heterocycles. The molecule has 2 aromatic heterocycles. The Morgan fingerprint density at radius 1 is 1.04 bits per heavy atom. The lowest BCUT2D eigenvalue weighted by Gasteiger charge is -2.13. The van der Waals surface area contributed by atoms with Crippen molar-refractivity contribution in [2.24, 2.45) is 0 Å². The van der Waals surface area contributed by atoms with Gasteiger partial charge < -0.3 is 14.2 Å². The Morgan fingerprint density at radius 3 is 2.30 bits per heavy atom. The molecule has 0 unspecified atom stereocenters. The molecule has 0 saturated carbocycles. The minimum atomic E-state index is 0.467. The average molecular weight is 312 g/mol. The largest absolute Gasteiger partial charge is 0.493 e. The topological polar surface area (TPSA) is 62.1 Å². The molecule has 0 N–H and O–H groups in total. The highest BCUT2D eigenvalue weighted by atomic mass is 16.5. The molecule has 0 aliphatic rings. The van der Waals surface area contributed by atoms with Gasteiger partial charge in [-0.25, -0.2) is 4.98 Å². The van der Waals surface area contributed by atoms with Crippen LogP contribution < -0.4 is 14.2 Å². The van der Waals surface area contributed by atoms with E-state index in [4.69, 9.17) is 14.2 Å². The fourth-order valence-corrected chi connectivity index (χ4v) is 2.56. The summed E-state index contributed by atoms with van der Waals surface area (Å²) in [6.07, 6.45) is 2.59. The van der Waals surface area contributed by atoms with Crippen molar-refractivity contribution < 1.29 is 19.0 Å².